The number of nitrogens with one attached hydrogen (secondary N) is 1. The van der Waals surface area contributed by atoms with E-state index >= 15 is 0 Å². The second-order valence-electron chi connectivity index (χ2n) is 3.20. The molecule has 0 saturated carbocycles. The maximum Gasteiger partial charge on any atom is 0.0106 e. The fourth-order valence-electron chi connectivity index (χ4n) is 1.10. The zero-order valence-corrected chi connectivity index (χ0v) is 9.44. The highest BCUT2D eigenvalue weighted by atomic mass is 32.2. The van der Waals surface area contributed by atoms with Gasteiger partial charge in [0.15, 0.2) is 0 Å². The highest BCUT2D eigenvalue weighted by molar-refractivity contribution is 7.99. The van der Waals surface area contributed by atoms with Gasteiger partial charge in [-0.1, -0.05) is 17.7 Å². The average Bonchev–Trinajstić information content (AvgIpc) is 2.21. The van der Waals surface area contributed by atoms with Gasteiger partial charge >= 0.3 is 0 Å². The molecule has 0 aromatic heterocycles. The van der Waals surface area contributed by atoms with Crippen LogP contribution in [0.15, 0.2) is 29.2 Å². The van der Waals surface area contributed by atoms with Gasteiger partial charge < -0.3 is 11.1 Å². The molecule has 0 aliphatic carbocycles. The molecule has 1 rings (SSSR count). The number of hydrogen-bond donors (Lipinski definition) is 2. The van der Waals surface area contributed by atoms with Crippen molar-refractivity contribution in [3.8, 4) is 0 Å². The molecule has 0 bridgehead atoms. The highest BCUT2D eigenvalue weighted by Crippen LogP contribution is 2.17. The molecule has 3 N–H and O–H groups in total. The van der Waals surface area contributed by atoms with Crippen LogP contribution in [0, 0.1) is 6.92 Å². The van der Waals surface area contributed by atoms with E-state index in [0.29, 0.717) is 0 Å². The van der Waals surface area contributed by atoms with Crippen LogP contribution in [0.1, 0.15) is 5.56 Å². The van der Waals surface area contributed by atoms with Crippen LogP contribution in [0.5, 0.6) is 0 Å². The van der Waals surface area contributed by atoms with Crippen molar-refractivity contribution in [2.45, 2.75) is 11.8 Å². The standard InChI is InChI=1S/C11H18N2S/c1-10-2-4-11(5-3-10)14-9-8-13-7-6-12/h2-5,13H,6-9,12H2,1H3. The predicted octanol–water partition coefficient (Wildman–Crippen LogP) is 1.64. The monoisotopic (exact) mass is 210 g/mol. The van der Waals surface area contributed by atoms with Crippen molar-refractivity contribution in [1.29, 1.82) is 0 Å². The lowest BCUT2D eigenvalue weighted by Gasteiger charge is -2.03. The van der Waals surface area contributed by atoms with Crippen LogP contribution < -0.4 is 11.1 Å². The summed E-state index contributed by atoms with van der Waals surface area (Å²) < 4.78 is 0. The molecule has 0 aliphatic rings. The Morgan fingerprint density at radius 1 is 1.21 bits per heavy atom. The number of aryl methyl sites for hydroxylation is 1. The van der Waals surface area contributed by atoms with E-state index in [-0.39, 0.29) is 0 Å². The first-order valence-electron chi connectivity index (χ1n) is 4.93. The van der Waals surface area contributed by atoms with Crippen LogP contribution >= 0.6 is 11.8 Å². The highest BCUT2D eigenvalue weighted by Gasteiger charge is 1.92. The van der Waals surface area contributed by atoms with Gasteiger partial charge in [-0.2, -0.15) is 0 Å². The van der Waals surface area contributed by atoms with Gasteiger partial charge in [0, 0.05) is 30.3 Å². The Bertz CT molecular complexity index is 246. The first kappa shape index (κ1) is 11.6. The molecular weight excluding hydrogens is 192 g/mol. The van der Waals surface area contributed by atoms with Crippen LogP contribution in [-0.2, 0) is 0 Å². The first-order chi connectivity index (χ1) is 6.83. The largest absolute Gasteiger partial charge is 0.329 e. The molecule has 0 saturated heterocycles. The molecule has 0 amide bonds. The van der Waals surface area contributed by atoms with Crippen molar-refractivity contribution in [2.75, 3.05) is 25.4 Å². The van der Waals surface area contributed by atoms with Crippen molar-refractivity contribution >= 4 is 11.8 Å². The van der Waals surface area contributed by atoms with Gasteiger partial charge in [0.1, 0.15) is 0 Å². The van der Waals surface area contributed by atoms with E-state index in [1.807, 2.05) is 11.8 Å². The predicted molar refractivity (Wildman–Crippen MR) is 63.8 cm³/mol. The Morgan fingerprint density at radius 2 is 1.93 bits per heavy atom. The zero-order chi connectivity index (χ0) is 10.2. The molecule has 0 radical (unpaired) electrons. The second-order valence-corrected chi connectivity index (χ2v) is 4.37. The minimum atomic E-state index is 0.717. The summed E-state index contributed by atoms with van der Waals surface area (Å²) >= 11 is 1.88. The van der Waals surface area contributed by atoms with Crippen molar-refractivity contribution < 1.29 is 0 Å². The summed E-state index contributed by atoms with van der Waals surface area (Å²) in [5, 5.41) is 3.27. The van der Waals surface area contributed by atoms with Gasteiger partial charge in [-0.25, -0.2) is 0 Å². The van der Waals surface area contributed by atoms with E-state index < -0.39 is 0 Å². The minimum absolute atomic E-state index is 0.717. The first-order valence-corrected chi connectivity index (χ1v) is 5.92. The molecule has 0 atom stereocenters. The van der Waals surface area contributed by atoms with E-state index in [2.05, 4.69) is 36.5 Å². The molecule has 78 valence electrons. The third-order valence-electron chi connectivity index (χ3n) is 1.89. The summed E-state index contributed by atoms with van der Waals surface area (Å²) in [6.45, 7) is 4.76. The molecule has 0 spiro atoms. The topological polar surface area (TPSA) is 38.0 Å². The summed E-state index contributed by atoms with van der Waals surface area (Å²) in [4.78, 5) is 1.34. The minimum Gasteiger partial charge on any atom is -0.329 e. The van der Waals surface area contributed by atoms with Crippen molar-refractivity contribution in [3.63, 3.8) is 0 Å². The van der Waals surface area contributed by atoms with Crippen molar-refractivity contribution in [2.24, 2.45) is 5.73 Å². The maximum absolute atomic E-state index is 5.37. The lowest BCUT2D eigenvalue weighted by Crippen LogP contribution is -2.24. The normalized spacial score (nSPS) is 10.4. The zero-order valence-electron chi connectivity index (χ0n) is 8.62. The smallest absolute Gasteiger partial charge is 0.0106 e. The van der Waals surface area contributed by atoms with Crippen LogP contribution in [-0.4, -0.2) is 25.4 Å². The summed E-state index contributed by atoms with van der Waals surface area (Å²) in [5.41, 5.74) is 6.68. The average molecular weight is 210 g/mol. The molecule has 2 nitrogen and oxygen atoms in total. The Morgan fingerprint density at radius 3 is 2.57 bits per heavy atom. The molecule has 14 heavy (non-hydrogen) atoms. The molecule has 0 aliphatic heterocycles. The fourth-order valence-corrected chi connectivity index (χ4v) is 1.91. The lowest BCUT2D eigenvalue weighted by atomic mass is 10.2. The Balaban J connectivity index is 2.15. The number of thioether (sulfide) groups is 1. The van der Waals surface area contributed by atoms with Gasteiger partial charge in [-0.15, -0.1) is 11.8 Å². The SMILES string of the molecule is Cc1ccc(SCCNCCN)cc1. The van der Waals surface area contributed by atoms with Gasteiger partial charge in [0.25, 0.3) is 0 Å². The number of benzene rings is 1. The van der Waals surface area contributed by atoms with Gasteiger partial charge in [-0.3, -0.25) is 0 Å². The van der Waals surface area contributed by atoms with E-state index in [1.54, 1.807) is 0 Å². The van der Waals surface area contributed by atoms with Gasteiger partial charge in [-0.05, 0) is 19.1 Å². The molecule has 1 aromatic rings. The third kappa shape index (κ3) is 4.65. The van der Waals surface area contributed by atoms with Crippen molar-refractivity contribution in [3.05, 3.63) is 29.8 Å². The third-order valence-corrected chi connectivity index (χ3v) is 2.90. The summed E-state index contributed by atoms with van der Waals surface area (Å²) in [6.07, 6.45) is 0. The van der Waals surface area contributed by atoms with Gasteiger partial charge in [0.2, 0.25) is 0 Å². The molecule has 3 heteroatoms. The Hall–Kier alpha value is -0.510. The number of nitrogens with two attached hydrogens (primary N) is 1. The fraction of sp³-hybridized carbons (Fsp3) is 0.455. The summed E-state index contributed by atoms with van der Waals surface area (Å²) in [7, 11) is 0. The van der Waals surface area contributed by atoms with Crippen molar-refractivity contribution in [1.82, 2.24) is 5.32 Å². The summed E-state index contributed by atoms with van der Waals surface area (Å²) in [6, 6.07) is 8.64. The molecule has 1 aromatic carbocycles. The molecular formula is C11H18N2S. The molecule has 0 heterocycles. The lowest BCUT2D eigenvalue weighted by molar-refractivity contribution is 0.729. The van der Waals surface area contributed by atoms with Crippen LogP contribution in [0.2, 0.25) is 0 Å². The quantitative estimate of drug-likeness (QED) is 0.554. The van der Waals surface area contributed by atoms with E-state index in [1.165, 1.54) is 10.5 Å². The Labute approximate surface area is 90.3 Å². The number of hydrogen-bond acceptors (Lipinski definition) is 3. The second kappa shape index (κ2) is 6.87. The van der Waals surface area contributed by atoms with Crippen LogP contribution in [0.4, 0.5) is 0 Å². The van der Waals surface area contributed by atoms with E-state index in [0.717, 1.165) is 25.4 Å². The van der Waals surface area contributed by atoms with E-state index in [9.17, 15) is 0 Å². The van der Waals surface area contributed by atoms with Gasteiger partial charge in [0.05, 0.1) is 0 Å². The van der Waals surface area contributed by atoms with E-state index in [4.69, 9.17) is 5.73 Å². The molecule has 0 unspecified atom stereocenters. The molecule has 0 fully saturated rings. The number of rotatable bonds is 6. The summed E-state index contributed by atoms with van der Waals surface area (Å²) in [5.74, 6) is 1.10. The van der Waals surface area contributed by atoms with Crippen LogP contribution in [0.3, 0.4) is 0 Å². The maximum atomic E-state index is 5.37. The van der Waals surface area contributed by atoms with Crippen LogP contribution in [0.25, 0.3) is 0 Å². The Kier molecular flexibility index (Phi) is 5.68.